The summed E-state index contributed by atoms with van der Waals surface area (Å²) < 4.78 is 42.8. The minimum Gasteiger partial charge on any atom is -0.462 e. The quantitative estimate of drug-likeness (QED) is 0.625. The van der Waals surface area contributed by atoms with Crippen LogP contribution in [0.25, 0.3) is 0 Å². The third-order valence-electron chi connectivity index (χ3n) is 4.23. The van der Waals surface area contributed by atoms with E-state index in [0.717, 1.165) is 11.3 Å². The molecule has 0 radical (unpaired) electrons. The van der Waals surface area contributed by atoms with Gasteiger partial charge in [0, 0.05) is 19.0 Å². The lowest BCUT2D eigenvalue weighted by Crippen LogP contribution is -2.18. The first-order chi connectivity index (χ1) is 14.1. The first-order valence-electron chi connectivity index (χ1n) is 9.07. The largest absolute Gasteiger partial charge is 0.462 e. The molecule has 6 nitrogen and oxygen atoms in total. The van der Waals surface area contributed by atoms with E-state index in [-0.39, 0.29) is 39.6 Å². The SMILES string of the molecule is CCOC(=O)c1c(NC(=O)c2ccccc2CCC(F)(F)F)sc(C(=O)NC)c1C. The third kappa shape index (κ3) is 5.59. The summed E-state index contributed by atoms with van der Waals surface area (Å²) in [5.41, 5.74) is 0.675. The maximum atomic E-state index is 12.8. The molecular formula is C20H21F3N2O4S. The van der Waals surface area contributed by atoms with Crippen molar-refractivity contribution in [2.45, 2.75) is 32.9 Å². The number of amides is 2. The summed E-state index contributed by atoms with van der Waals surface area (Å²) in [6.45, 7) is 3.27. The van der Waals surface area contributed by atoms with Crippen molar-refractivity contribution in [1.29, 1.82) is 0 Å². The van der Waals surface area contributed by atoms with Crippen LogP contribution in [0.4, 0.5) is 18.2 Å². The third-order valence-corrected chi connectivity index (χ3v) is 5.43. The second kappa shape index (κ2) is 9.75. The molecule has 1 heterocycles. The molecule has 2 rings (SSSR count). The molecule has 1 aromatic heterocycles. The van der Waals surface area contributed by atoms with Gasteiger partial charge in [-0.3, -0.25) is 9.59 Å². The predicted octanol–water partition coefficient (Wildman–Crippen LogP) is 4.34. The Morgan fingerprint density at radius 2 is 1.80 bits per heavy atom. The molecular weight excluding hydrogens is 421 g/mol. The van der Waals surface area contributed by atoms with Crippen LogP contribution in [0.2, 0.25) is 0 Å². The van der Waals surface area contributed by atoms with Crippen LogP contribution in [-0.2, 0) is 11.2 Å². The number of halogens is 3. The molecule has 0 aliphatic rings. The van der Waals surface area contributed by atoms with E-state index in [1.807, 2.05) is 0 Å². The number of esters is 1. The number of carbonyl (C=O) groups excluding carboxylic acids is 3. The minimum absolute atomic E-state index is 0.0431. The summed E-state index contributed by atoms with van der Waals surface area (Å²) in [6.07, 6.45) is -5.77. The lowest BCUT2D eigenvalue weighted by molar-refractivity contribution is -0.134. The van der Waals surface area contributed by atoms with Crippen LogP contribution in [0.5, 0.6) is 0 Å². The van der Waals surface area contributed by atoms with Gasteiger partial charge in [-0.15, -0.1) is 11.3 Å². The van der Waals surface area contributed by atoms with E-state index in [0.29, 0.717) is 5.56 Å². The van der Waals surface area contributed by atoms with Crippen LogP contribution >= 0.6 is 11.3 Å². The monoisotopic (exact) mass is 442 g/mol. The van der Waals surface area contributed by atoms with Crippen molar-refractivity contribution in [2.75, 3.05) is 19.0 Å². The topological polar surface area (TPSA) is 84.5 Å². The van der Waals surface area contributed by atoms with Gasteiger partial charge in [0.15, 0.2) is 0 Å². The number of hydrogen-bond donors (Lipinski definition) is 2. The number of nitrogens with one attached hydrogen (secondary N) is 2. The molecule has 10 heteroatoms. The minimum atomic E-state index is -4.35. The van der Waals surface area contributed by atoms with Gasteiger partial charge in [0.25, 0.3) is 11.8 Å². The highest BCUT2D eigenvalue weighted by molar-refractivity contribution is 7.18. The fourth-order valence-electron chi connectivity index (χ4n) is 2.79. The number of aryl methyl sites for hydroxylation is 1. The van der Waals surface area contributed by atoms with Gasteiger partial charge >= 0.3 is 12.1 Å². The van der Waals surface area contributed by atoms with Gasteiger partial charge in [-0.25, -0.2) is 4.79 Å². The second-order valence-electron chi connectivity index (χ2n) is 6.29. The Morgan fingerprint density at radius 3 is 2.40 bits per heavy atom. The molecule has 1 aromatic carbocycles. The number of hydrogen-bond acceptors (Lipinski definition) is 5. The first kappa shape index (κ1) is 23.4. The smallest absolute Gasteiger partial charge is 0.389 e. The Morgan fingerprint density at radius 1 is 1.13 bits per heavy atom. The summed E-state index contributed by atoms with van der Waals surface area (Å²) in [4.78, 5) is 37.5. The van der Waals surface area contributed by atoms with Gasteiger partial charge in [-0.05, 0) is 37.5 Å². The maximum absolute atomic E-state index is 12.8. The van der Waals surface area contributed by atoms with Gasteiger partial charge in [0.1, 0.15) is 5.00 Å². The number of ether oxygens (including phenoxy) is 1. The van der Waals surface area contributed by atoms with E-state index >= 15 is 0 Å². The van der Waals surface area contributed by atoms with Crippen molar-refractivity contribution in [3.63, 3.8) is 0 Å². The van der Waals surface area contributed by atoms with Crippen LogP contribution < -0.4 is 10.6 Å². The molecule has 2 amide bonds. The summed E-state index contributed by atoms with van der Waals surface area (Å²) in [7, 11) is 1.43. The molecule has 162 valence electrons. The number of alkyl halides is 3. The van der Waals surface area contributed by atoms with Gasteiger partial charge in [0.05, 0.1) is 17.0 Å². The molecule has 0 unspecified atom stereocenters. The van der Waals surface area contributed by atoms with Crippen LogP contribution in [0.1, 0.15) is 54.9 Å². The van der Waals surface area contributed by atoms with Crippen LogP contribution in [0, 0.1) is 6.92 Å². The Balaban J connectivity index is 2.39. The normalized spacial score (nSPS) is 11.1. The molecule has 0 spiro atoms. The van der Waals surface area contributed by atoms with Crippen molar-refractivity contribution >= 4 is 34.1 Å². The van der Waals surface area contributed by atoms with E-state index in [4.69, 9.17) is 4.74 Å². The average molecular weight is 442 g/mol. The first-order valence-corrected chi connectivity index (χ1v) is 9.89. The molecule has 0 aliphatic carbocycles. The van der Waals surface area contributed by atoms with Crippen molar-refractivity contribution in [3.05, 3.63) is 51.4 Å². The fraction of sp³-hybridized carbons (Fsp3) is 0.350. The predicted molar refractivity (Wildman–Crippen MR) is 107 cm³/mol. The number of rotatable bonds is 7. The summed E-state index contributed by atoms with van der Waals surface area (Å²) in [5, 5.41) is 5.12. The fourth-order valence-corrected chi connectivity index (χ4v) is 3.92. The molecule has 0 fully saturated rings. The molecule has 0 atom stereocenters. The van der Waals surface area contributed by atoms with E-state index in [2.05, 4.69) is 10.6 Å². The zero-order chi connectivity index (χ0) is 22.5. The van der Waals surface area contributed by atoms with E-state index < -0.39 is 30.4 Å². The van der Waals surface area contributed by atoms with Crippen LogP contribution in [0.3, 0.4) is 0 Å². The van der Waals surface area contributed by atoms with Crippen molar-refractivity contribution < 1.29 is 32.3 Å². The van der Waals surface area contributed by atoms with Gasteiger partial charge in [-0.1, -0.05) is 18.2 Å². The molecule has 0 saturated heterocycles. The molecule has 0 aliphatic heterocycles. The number of thiophene rings is 1. The highest BCUT2D eigenvalue weighted by atomic mass is 32.1. The van der Waals surface area contributed by atoms with Crippen LogP contribution in [-0.4, -0.2) is 37.6 Å². The van der Waals surface area contributed by atoms with Gasteiger partial charge < -0.3 is 15.4 Å². The highest BCUT2D eigenvalue weighted by Gasteiger charge is 2.29. The Labute approximate surface area is 175 Å². The number of benzene rings is 1. The summed E-state index contributed by atoms with van der Waals surface area (Å²) in [5.74, 6) is -1.82. The second-order valence-corrected chi connectivity index (χ2v) is 7.31. The lowest BCUT2D eigenvalue weighted by Gasteiger charge is -2.12. The van der Waals surface area contributed by atoms with E-state index in [1.54, 1.807) is 19.9 Å². The average Bonchev–Trinajstić information content (AvgIpc) is 3.01. The van der Waals surface area contributed by atoms with Crippen LogP contribution in [0.15, 0.2) is 24.3 Å². The van der Waals surface area contributed by atoms with Gasteiger partial charge in [0.2, 0.25) is 0 Å². The van der Waals surface area contributed by atoms with E-state index in [1.165, 1.54) is 25.2 Å². The standard InChI is InChI=1S/C20H21F3N2O4S/c1-4-29-19(28)14-11(2)15(17(27)24-3)30-18(14)25-16(26)13-8-6-5-7-12(13)9-10-20(21,22)23/h5-8H,4,9-10H2,1-3H3,(H,24,27)(H,25,26). The number of carbonyl (C=O) groups is 3. The molecule has 0 saturated carbocycles. The van der Waals surface area contributed by atoms with Crippen molar-refractivity contribution in [1.82, 2.24) is 5.32 Å². The zero-order valence-corrected chi connectivity index (χ0v) is 17.4. The Bertz CT molecular complexity index is 954. The number of anilines is 1. The molecule has 30 heavy (non-hydrogen) atoms. The summed E-state index contributed by atoms with van der Waals surface area (Å²) in [6, 6.07) is 5.94. The molecule has 2 N–H and O–H groups in total. The molecule has 2 aromatic rings. The summed E-state index contributed by atoms with van der Waals surface area (Å²) >= 11 is 0.895. The Kier molecular flexibility index (Phi) is 7.60. The molecule has 0 bridgehead atoms. The van der Waals surface area contributed by atoms with E-state index in [9.17, 15) is 27.6 Å². The lowest BCUT2D eigenvalue weighted by atomic mass is 10.0. The van der Waals surface area contributed by atoms with Gasteiger partial charge in [-0.2, -0.15) is 13.2 Å². The maximum Gasteiger partial charge on any atom is 0.389 e. The zero-order valence-electron chi connectivity index (χ0n) is 16.6. The van der Waals surface area contributed by atoms with Crippen molar-refractivity contribution in [3.8, 4) is 0 Å². The van der Waals surface area contributed by atoms with Crippen molar-refractivity contribution in [2.24, 2.45) is 0 Å². The Hall–Kier alpha value is -2.88. The highest BCUT2D eigenvalue weighted by Crippen LogP contribution is 2.34.